The number of amides is 1. The molecular formula is C22H23BrN6O2S. The van der Waals surface area contributed by atoms with Gasteiger partial charge in [-0.05, 0) is 43.0 Å². The molecule has 32 heavy (non-hydrogen) atoms. The van der Waals surface area contributed by atoms with Crippen LogP contribution in [0, 0.1) is 5.92 Å². The molecule has 10 heteroatoms. The van der Waals surface area contributed by atoms with Gasteiger partial charge in [0.2, 0.25) is 11.8 Å². The number of hydrogen-bond donors (Lipinski definition) is 2. The maximum absolute atomic E-state index is 13.2. The molecule has 0 unspecified atom stereocenters. The first kappa shape index (κ1) is 21.0. The number of nitrogens with one attached hydrogen (secondary N) is 1. The number of thiophene rings is 1. The fraction of sp³-hybridized carbons (Fsp3) is 0.318. The lowest BCUT2D eigenvalue weighted by molar-refractivity contribution is 0.102. The summed E-state index contributed by atoms with van der Waals surface area (Å²) in [5, 5.41) is 7.35. The van der Waals surface area contributed by atoms with Crippen molar-refractivity contribution in [1.29, 1.82) is 0 Å². The molecule has 3 N–H and O–H groups in total. The topological polar surface area (TPSA) is 100.0 Å². The van der Waals surface area contributed by atoms with Gasteiger partial charge in [0.05, 0.1) is 44.8 Å². The number of aromatic nitrogens is 4. The summed E-state index contributed by atoms with van der Waals surface area (Å²) in [7, 11) is 1.84. The fourth-order valence-electron chi connectivity index (χ4n) is 4.02. The summed E-state index contributed by atoms with van der Waals surface area (Å²) in [4.78, 5) is 19.1. The molecule has 8 nitrogen and oxygen atoms in total. The Morgan fingerprint density at radius 3 is 3.03 bits per heavy atom. The lowest BCUT2D eigenvalue weighted by atomic mass is 10.1. The number of anilines is 2. The van der Waals surface area contributed by atoms with E-state index >= 15 is 0 Å². The molecule has 5 rings (SSSR count). The highest BCUT2D eigenvalue weighted by Crippen LogP contribution is 2.40. The monoisotopic (exact) mass is 514 g/mol. The lowest BCUT2D eigenvalue weighted by Gasteiger charge is -2.16. The van der Waals surface area contributed by atoms with Gasteiger partial charge in [0.1, 0.15) is 0 Å². The van der Waals surface area contributed by atoms with Crippen LogP contribution in [0.15, 0.2) is 34.9 Å². The smallest absolute Gasteiger partial charge is 0.268 e. The van der Waals surface area contributed by atoms with Crippen molar-refractivity contribution in [3.05, 3.63) is 39.8 Å². The van der Waals surface area contributed by atoms with E-state index in [-0.39, 0.29) is 5.91 Å². The third-order valence-corrected chi connectivity index (χ3v) is 7.30. The summed E-state index contributed by atoms with van der Waals surface area (Å²) in [5.74, 6) is 1.33. The van der Waals surface area contributed by atoms with E-state index in [4.69, 9.17) is 15.5 Å². The number of hydrogen-bond acceptors (Lipinski definition) is 6. The molecule has 1 aliphatic rings. The van der Waals surface area contributed by atoms with Crippen LogP contribution < -0.4 is 15.8 Å². The molecule has 0 spiro atoms. The fourth-order valence-corrected chi connectivity index (χ4v) is 5.35. The molecule has 1 aromatic carbocycles. The summed E-state index contributed by atoms with van der Waals surface area (Å²) in [6.07, 6.45) is 3.60. The number of imidazole rings is 1. The second-order valence-corrected chi connectivity index (χ2v) is 10.1. The SMILES string of the molecule is C[C@@H]1CCCOc2c(cnn2C)-c2sc(cc2N)C(=O)Nc2nc3ccc(Br)cc3n2C1. The van der Waals surface area contributed by atoms with Crippen LogP contribution in [0.1, 0.15) is 29.4 Å². The normalized spacial score (nSPS) is 17.1. The Bertz CT molecular complexity index is 1320. The number of nitrogens with two attached hydrogens (primary N) is 1. The molecule has 0 radical (unpaired) electrons. The van der Waals surface area contributed by atoms with E-state index in [1.54, 1.807) is 16.9 Å². The molecule has 0 saturated carbocycles. The average Bonchev–Trinajstić information content (AvgIpc) is 3.41. The molecule has 0 saturated heterocycles. The van der Waals surface area contributed by atoms with Crippen LogP contribution in [0.3, 0.4) is 0 Å². The zero-order chi connectivity index (χ0) is 22.4. The Morgan fingerprint density at radius 2 is 2.19 bits per heavy atom. The minimum atomic E-state index is -0.238. The zero-order valence-corrected chi connectivity index (χ0v) is 20.2. The van der Waals surface area contributed by atoms with Crippen molar-refractivity contribution in [1.82, 2.24) is 19.3 Å². The van der Waals surface area contributed by atoms with E-state index in [9.17, 15) is 4.79 Å². The summed E-state index contributed by atoms with van der Waals surface area (Å²) in [6, 6.07) is 7.64. The van der Waals surface area contributed by atoms with Crippen molar-refractivity contribution >= 4 is 55.8 Å². The van der Waals surface area contributed by atoms with Crippen LogP contribution in [0.2, 0.25) is 0 Å². The first-order valence-corrected chi connectivity index (χ1v) is 12.0. The molecule has 4 aromatic rings. The van der Waals surface area contributed by atoms with Gasteiger partial charge in [-0.25, -0.2) is 9.67 Å². The van der Waals surface area contributed by atoms with Gasteiger partial charge < -0.3 is 15.0 Å². The van der Waals surface area contributed by atoms with Gasteiger partial charge >= 0.3 is 0 Å². The van der Waals surface area contributed by atoms with Crippen LogP contribution in [0.25, 0.3) is 21.5 Å². The molecule has 3 aromatic heterocycles. The number of benzene rings is 1. The van der Waals surface area contributed by atoms with Gasteiger partial charge in [0, 0.05) is 18.1 Å². The van der Waals surface area contributed by atoms with Gasteiger partial charge in [-0.2, -0.15) is 5.10 Å². The van der Waals surface area contributed by atoms with Crippen molar-refractivity contribution in [3.63, 3.8) is 0 Å². The second-order valence-electron chi connectivity index (χ2n) is 8.11. The van der Waals surface area contributed by atoms with Crippen molar-refractivity contribution in [2.45, 2.75) is 26.3 Å². The van der Waals surface area contributed by atoms with E-state index < -0.39 is 0 Å². The number of fused-ring (bicyclic) bond motifs is 7. The number of carbonyl (C=O) groups is 1. The number of aryl methyl sites for hydroxylation is 1. The Hall–Kier alpha value is -2.85. The van der Waals surface area contributed by atoms with Crippen molar-refractivity contribution in [2.75, 3.05) is 17.7 Å². The molecule has 4 heterocycles. The maximum atomic E-state index is 13.2. The predicted molar refractivity (Wildman–Crippen MR) is 130 cm³/mol. The predicted octanol–water partition coefficient (Wildman–Crippen LogP) is 4.90. The zero-order valence-electron chi connectivity index (χ0n) is 17.8. The largest absolute Gasteiger partial charge is 0.477 e. The van der Waals surface area contributed by atoms with Crippen LogP contribution in [-0.2, 0) is 13.6 Å². The Morgan fingerprint density at radius 1 is 1.34 bits per heavy atom. The average molecular weight is 515 g/mol. The van der Waals surface area contributed by atoms with Crippen LogP contribution in [0.4, 0.5) is 11.6 Å². The van der Waals surface area contributed by atoms with Crippen LogP contribution in [0.5, 0.6) is 5.88 Å². The first-order valence-electron chi connectivity index (χ1n) is 10.4. The van der Waals surface area contributed by atoms with E-state index in [1.807, 2.05) is 25.2 Å². The highest BCUT2D eigenvalue weighted by Gasteiger charge is 2.23. The molecule has 1 aliphatic heterocycles. The summed E-state index contributed by atoms with van der Waals surface area (Å²) >= 11 is 4.88. The molecule has 1 atom stereocenters. The summed E-state index contributed by atoms with van der Waals surface area (Å²) in [5.41, 5.74) is 9.43. The molecule has 1 amide bonds. The van der Waals surface area contributed by atoms with Gasteiger partial charge in [-0.3, -0.25) is 10.1 Å². The third-order valence-electron chi connectivity index (χ3n) is 5.62. The minimum Gasteiger partial charge on any atom is -0.477 e. The lowest BCUT2D eigenvalue weighted by Crippen LogP contribution is -2.17. The van der Waals surface area contributed by atoms with E-state index in [0.29, 0.717) is 34.9 Å². The second kappa shape index (κ2) is 8.25. The molecule has 2 bridgehead atoms. The maximum Gasteiger partial charge on any atom is 0.268 e. The number of nitrogen functional groups attached to an aromatic ring is 1. The molecule has 0 fully saturated rings. The summed E-state index contributed by atoms with van der Waals surface area (Å²) in [6.45, 7) is 3.52. The number of carbonyl (C=O) groups excluding carboxylic acids is 1. The highest BCUT2D eigenvalue weighted by molar-refractivity contribution is 9.10. The number of nitrogens with zero attached hydrogens (tertiary/aromatic N) is 4. The van der Waals surface area contributed by atoms with E-state index in [0.717, 1.165) is 45.3 Å². The number of halogens is 1. The van der Waals surface area contributed by atoms with Gasteiger partial charge in [-0.1, -0.05) is 22.9 Å². The molecular weight excluding hydrogens is 492 g/mol. The standard InChI is InChI=1S/C22H23BrN6O2S/c1-12-4-3-7-31-21-14(10-25-28(21)2)19-15(24)9-18(32-19)20(30)27-22-26-16-6-5-13(23)8-17(16)29(22)11-12/h5-6,8-10,12H,3-4,7,11,24H2,1-2H3,(H,26,27,30)/t12-/m1/s1. The van der Waals surface area contributed by atoms with E-state index in [2.05, 4.69) is 37.8 Å². The minimum absolute atomic E-state index is 0.238. The highest BCUT2D eigenvalue weighted by atomic mass is 79.9. The Labute approximate surface area is 197 Å². The van der Waals surface area contributed by atoms with Crippen molar-refractivity contribution < 1.29 is 9.53 Å². The van der Waals surface area contributed by atoms with Crippen LogP contribution >= 0.6 is 27.3 Å². The number of rotatable bonds is 0. The third kappa shape index (κ3) is 3.77. The Kier molecular flexibility index (Phi) is 5.42. The van der Waals surface area contributed by atoms with Crippen molar-refractivity contribution in [3.8, 4) is 16.3 Å². The van der Waals surface area contributed by atoms with E-state index in [1.165, 1.54) is 11.3 Å². The van der Waals surface area contributed by atoms with Gasteiger partial charge in [-0.15, -0.1) is 11.3 Å². The van der Waals surface area contributed by atoms with Gasteiger partial charge in [0.25, 0.3) is 5.91 Å². The molecule has 0 aliphatic carbocycles. The quantitative estimate of drug-likeness (QED) is 0.347. The summed E-state index contributed by atoms with van der Waals surface area (Å²) < 4.78 is 10.9. The first-order chi connectivity index (χ1) is 15.4. The van der Waals surface area contributed by atoms with Crippen LogP contribution in [-0.4, -0.2) is 31.8 Å². The Balaban J connectivity index is 1.60. The molecule has 166 valence electrons. The van der Waals surface area contributed by atoms with Gasteiger partial charge in [0.15, 0.2) is 0 Å². The van der Waals surface area contributed by atoms with Crippen molar-refractivity contribution in [2.24, 2.45) is 13.0 Å². The number of ether oxygens (including phenoxy) is 1.